The first-order valence-electron chi connectivity index (χ1n) is 8.91. The predicted molar refractivity (Wildman–Crippen MR) is 106 cm³/mol. The molecule has 0 aromatic heterocycles. The van der Waals surface area contributed by atoms with E-state index in [1.807, 2.05) is 19.2 Å². The van der Waals surface area contributed by atoms with Crippen molar-refractivity contribution >= 4 is 42.2 Å². The molecular weight excluding hydrogens is 406 g/mol. The molecule has 0 aromatic rings. The number of rotatable bonds is 13. The number of hydrogen-bond acceptors (Lipinski definition) is 8. The summed E-state index contributed by atoms with van der Waals surface area (Å²) in [7, 11) is 0. The Bertz CT molecular complexity index is 604. The number of aliphatic hydroxyl groups is 1. The van der Waals surface area contributed by atoms with Gasteiger partial charge in [0.2, 0.25) is 23.6 Å². The molecule has 0 bridgehead atoms. The summed E-state index contributed by atoms with van der Waals surface area (Å²) in [5.74, 6) is -4.34. The minimum atomic E-state index is -1.52. The van der Waals surface area contributed by atoms with Crippen molar-refractivity contribution in [1.29, 1.82) is 0 Å². The Balaban J connectivity index is 4.41. The molecule has 0 spiro atoms. The van der Waals surface area contributed by atoms with Gasteiger partial charge in [-0.2, -0.15) is 12.6 Å². The van der Waals surface area contributed by atoms with E-state index in [0.29, 0.717) is 6.42 Å². The number of hydrogen-bond donors (Lipinski definition) is 8. The molecule has 0 heterocycles. The number of carboxylic acid groups (broad SMARTS) is 1. The molecule has 4 unspecified atom stereocenters. The first kappa shape index (κ1) is 26.6. The summed E-state index contributed by atoms with van der Waals surface area (Å²) in [6, 6.07) is -3.45. The molecular formula is C16H29N5O7S. The SMILES string of the molecule is CCC(C)C(N)C(=O)NCC(=O)NCC(=O)NC(CS)C(=O)NC(CO)C(=O)O. The van der Waals surface area contributed by atoms with E-state index in [0.717, 1.165) is 0 Å². The number of aliphatic carboxylic acids is 1. The van der Waals surface area contributed by atoms with E-state index in [4.69, 9.17) is 15.9 Å². The Labute approximate surface area is 173 Å². The topological polar surface area (TPSA) is 200 Å². The van der Waals surface area contributed by atoms with Gasteiger partial charge in [0, 0.05) is 5.75 Å². The zero-order valence-electron chi connectivity index (χ0n) is 16.3. The summed E-state index contributed by atoms with van der Waals surface area (Å²) in [5.41, 5.74) is 5.74. The third-order valence-electron chi connectivity index (χ3n) is 4.06. The Morgan fingerprint density at radius 3 is 2.03 bits per heavy atom. The minimum absolute atomic E-state index is 0.0558. The number of carbonyl (C=O) groups excluding carboxylic acids is 4. The molecule has 0 aliphatic carbocycles. The van der Waals surface area contributed by atoms with Crippen molar-refractivity contribution in [3.05, 3.63) is 0 Å². The normalized spacial score (nSPS) is 14.7. The van der Waals surface area contributed by atoms with Crippen molar-refractivity contribution in [2.45, 2.75) is 38.4 Å². The highest BCUT2D eigenvalue weighted by Gasteiger charge is 2.25. The maximum atomic E-state index is 11.9. The van der Waals surface area contributed by atoms with E-state index in [9.17, 15) is 24.0 Å². The monoisotopic (exact) mass is 435 g/mol. The molecule has 13 heteroatoms. The Morgan fingerprint density at radius 1 is 0.966 bits per heavy atom. The summed E-state index contributed by atoms with van der Waals surface area (Å²) in [6.45, 7) is 2.02. The fourth-order valence-electron chi connectivity index (χ4n) is 1.94. The molecule has 0 saturated heterocycles. The number of carbonyl (C=O) groups is 5. The van der Waals surface area contributed by atoms with Gasteiger partial charge >= 0.3 is 5.97 Å². The van der Waals surface area contributed by atoms with Crippen LogP contribution in [-0.2, 0) is 24.0 Å². The van der Waals surface area contributed by atoms with Crippen molar-refractivity contribution in [1.82, 2.24) is 21.3 Å². The first-order valence-corrected chi connectivity index (χ1v) is 9.54. The predicted octanol–water partition coefficient (Wildman–Crippen LogP) is -3.43. The zero-order chi connectivity index (χ0) is 22.6. The van der Waals surface area contributed by atoms with Crippen molar-refractivity contribution in [3.8, 4) is 0 Å². The Morgan fingerprint density at radius 2 is 1.55 bits per heavy atom. The second kappa shape index (κ2) is 13.7. The molecule has 12 nitrogen and oxygen atoms in total. The lowest BCUT2D eigenvalue weighted by molar-refractivity contribution is -0.143. The van der Waals surface area contributed by atoms with E-state index in [1.165, 1.54) is 0 Å². The average Bonchev–Trinajstić information content (AvgIpc) is 2.70. The lowest BCUT2D eigenvalue weighted by Crippen LogP contribution is -2.55. The number of thiol groups is 1. The van der Waals surface area contributed by atoms with Crippen LogP contribution >= 0.6 is 12.6 Å². The summed E-state index contributed by atoms with van der Waals surface area (Å²) < 4.78 is 0. The van der Waals surface area contributed by atoms with Crippen LogP contribution in [-0.4, -0.2) is 83.4 Å². The van der Waals surface area contributed by atoms with E-state index >= 15 is 0 Å². The van der Waals surface area contributed by atoms with Gasteiger partial charge in [-0.1, -0.05) is 20.3 Å². The molecule has 0 saturated carbocycles. The van der Waals surface area contributed by atoms with Gasteiger partial charge in [-0.05, 0) is 5.92 Å². The highest BCUT2D eigenvalue weighted by Crippen LogP contribution is 2.04. The second-order valence-corrected chi connectivity index (χ2v) is 6.66. The third-order valence-corrected chi connectivity index (χ3v) is 4.43. The van der Waals surface area contributed by atoms with Crippen molar-refractivity contribution in [2.24, 2.45) is 11.7 Å². The molecule has 4 amide bonds. The number of nitrogens with two attached hydrogens (primary N) is 1. The Kier molecular flexibility index (Phi) is 12.6. The van der Waals surface area contributed by atoms with Crippen LogP contribution in [0, 0.1) is 5.92 Å². The highest BCUT2D eigenvalue weighted by molar-refractivity contribution is 7.80. The third kappa shape index (κ3) is 10.1. The molecule has 4 atom stereocenters. The summed E-state index contributed by atoms with van der Waals surface area (Å²) in [6.07, 6.45) is 0.701. The quantitative estimate of drug-likeness (QED) is 0.137. The molecule has 0 aromatic carbocycles. The van der Waals surface area contributed by atoms with Crippen LogP contribution in [0.3, 0.4) is 0 Å². The highest BCUT2D eigenvalue weighted by atomic mass is 32.1. The fraction of sp³-hybridized carbons (Fsp3) is 0.688. The van der Waals surface area contributed by atoms with Gasteiger partial charge in [-0.25, -0.2) is 4.79 Å². The number of carboxylic acids is 1. The maximum Gasteiger partial charge on any atom is 0.328 e. The van der Waals surface area contributed by atoms with Crippen LogP contribution in [0.25, 0.3) is 0 Å². The molecule has 29 heavy (non-hydrogen) atoms. The lowest BCUT2D eigenvalue weighted by Gasteiger charge is -2.19. The molecule has 0 fully saturated rings. The fourth-order valence-corrected chi connectivity index (χ4v) is 2.19. The van der Waals surface area contributed by atoms with Crippen molar-refractivity contribution < 1.29 is 34.2 Å². The van der Waals surface area contributed by atoms with Crippen LogP contribution in [0.15, 0.2) is 0 Å². The lowest BCUT2D eigenvalue weighted by atomic mass is 9.99. The molecule has 0 aliphatic rings. The zero-order valence-corrected chi connectivity index (χ0v) is 17.2. The average molecular weight is 436 g/mol. The summed E-state index contributed by atoms with van der Waals surface area (Å²) >= 11 is 3.91. The van der Waals surface area contributed by atoms with Crippen LogP contribution in [0.2, 0.25) is 0 Å². The minimum Gasteiger partial charge on any atom is -0.480 e. The molecule has 0 aliphatic heterocycles. The van der Waals surface area contributed by atoms with E-state index in [1.54, 1.807) is 0 Å². The van der Waals surface area contributed by atoms with Gasteiger partial charge in [0.1, 0.15) is 12.1 Å². The summed E-state index contributed by atoms with van der Waals surface area (Å²) in [4.78, 5) is 58.2. The van der Waals surface area contributed by atoms with Crippen molar-refractivity contribution in [2.75, 3.05) is 25.4 Å². The molecule has 0 rings (SSSR count). The van der Waals surface area contributed by atoms with Gasteiger partial charge in [-0.3, -0.25) is 19.2 Å². The van der Waals surface area contributed by atoms with Crippen LogP contribution < -0.4 is 27.0 Å². The van der Waals surface area contributed by atoms with Gasteiger partial charge in [-0.15, -0.1) is 0 Å². The number of amides is 4. The van der Waals surface area contributed by atoms with Crippen LogP contribution in [0.5, 0.6) is 0 Å². The van der Waals surface area contributed by atoms with Crippen molar-refractivity contribution in [3.63, 3.8) is 0 Å². The standard InChI is InChI=1S/C16H29N5O7S/c1-3-8(2)13(17)15(26)19-4-11(23)18-5-12(24)20-10(7-29)14(25)21-9(6-22)16(27)28/h8-10,13,22,29H,3-7,17H2,1-2H3,(H,18,23)(H,19,26)(H,20,24)(H,21,25)(H,27,28). The van der Waals surface area contributed by atoms with Gasteiger partial charge in [0.15, 0.2) is 0 Å². The summed E-state index contributed by atoms with van der Waals surface area (Å²) in [5, 5.41) is 26.7. The van der Waals surface area contributed by atoms with Crippen LogP contribution in [0.1, 0.15) is 20.3 Å². The van der Waals surface area contributed by atoms with Gasteiger partial charge < -0.3 is 37.2 Å². The smallest absolute Gasteiger partial charge is 0.328 e. The number of aliphatic hydroxyl groups excluding tert-OH is 1. The second-order valence-electron chi connectivity index (χ2n) is 6.29. The maximum absolute atomic E-state index is 11.9. The van der Waals surface area contributed by atoms with Gasteiger partial charge in [0.25, 0.3) is 0 Å². The largest absolute Gasteiger partial charge is 0.480 e. The first-order chi connectivity index (χ1) is 13.6. The Hall–Kier alpha value is -2.38. The number of nitrogens with one attached hydrogen (secondary N) is 4. The molecule has 166 valence electrons. The van der Waals surface area contributed by atoms with E-state index in [-0.39, 0.29) is 18.2 Å². The van der Waals surface area contributed by atoms with E-state index in [2.05, 4.69) is 28.6 Å². The molecule has 0 radical (unpaired) electrons. The molecule has 8 N–H and O–H groups in total. The van der Waals surface area contributed by atoms with E-state index < -0.39 is 60.9 Å². The van der Waals surface area contributed by atoms with Gasteiger partial charge in [0.05, 0.1) is 25.7 Å². The van der Waals surface area contributed by atoms with Crippen LogP contribution in [0.4, 0.5) is 0 Å².